The molecular formula is C18H27N3O3. The number of unbranched alkanes of at least 4 members (excludes halogenated alkanes) is 1. The molecule has 1 unspecified atom stereocenters. The van der Waals surface area contributed by atoms with Gasteiger partial charge in [0.25, 0.3) is 0 Å². The molecule has 1 aromatic carbocycles. The molecule has 2 rings (SSSR count). The molecular weight excluding hydrogens is 306 g/mol. The van der Waals surface area contributed by atoms with Crippen molar-refractivity contribution in [2.45, 2.75) is 44.7 Å². The van der Waals surface area contributed by atoms with Crippen molar-refractivity contribution in [2.24, 2.45) is 5.73 Å². The van der Waals surface area contributed by atoms with E-state index in [0.717, 1.165) is 37.1 Å². The highest BCUT2D eigenvalue weighted by Crippen LogP contribution is 2.16. The first-order valence-corrected chi connectivity index (χ1v) is 8.53. The first kappa shape index (κ1) is 18.3. The Morgan fingerprint density at radius 3 is 2.62 bits per heavy atom. The van der Waals surface area contributed by atoms with Gasteiger partial charge in [0.1, 0.15) is 5.75 Å². The van der Waals surface area contributed by atoms with Crippen LogP contribution < -0.4 is 15.8 Å². The SMILES string of the molecule is COc1ccc(CN(CCCCC(N)=O)C(=O)C2CCCN2)cc1. The van der Waals surface area contributed by atoms with E-state index in [1.54, 1.807) is 7.11 Å². The molecule has 1 fully saturated rings. The number of rotatable bonds is 9. The van der Waals surface area contributed by atoms with Gasteiger partial charge in [-0.25, -0.2) is 0 Å². The maximum atomic E-state index is 12.7. The Labute approximate surface area is 143 Å². The summed E-state index contributed by atoms with van der Waals surface area (Å²) in [4.78, 5) is 25.5. The van der Waals surface area contributed by atoms with Crippen LogP contribution in [0, 0.1) is 0 Å². The summed E-state index contributed by atoms with van der Waals surface area (Å²) in [5, 5.41) is 3.26. The van der Waals surface area contributed by atoms with Crippen LogP contribution in [0.1, 0.15) is 37.7 Å². The lowest BCUT2D eigenvalue weighted by molar-refractivity contribution is -0.133. The Kier molecular flexibility index (Phi) is 7.06. The van der Waals surface area contributed by atoms with Gasteiger partial charge in [-0.2, -0.15) is 0 Å². The van der Waals surface area contributed by atoms with Gasteiger partial charge in [-0.05, 0) is 49.9 Å². The molecule has 0 radical (unpaired) electrons. The number of carbonyl (C=O) groups is 2. The number of hydrogen-bond donors (Lipinski definition) is 2. The number of ether oxygens (including phenoxy) is 1. The average molecular weight is 333 g/mol. The van der Waals surface area contributed by atoms with E-state index >= 15 is 0 Å². The molecule has 1 saturated heterocycles. The molecule has 1 heterocycles. The van der Waals surface area contributed by atoms with Crippen LogP contribution in [0.3, 0.4) is 0 Å². The second-order valence-electron chi connectivity index (χ2n) is 6.18. The number of benzene rings is 1. The molecule has 0 aliphatic carbocycles. The summed E-state index contributed by atoms with van der Waals surface area (Å²) < 4.78 is 5.17. The van der Waals surface area contributed by atoms with Gasteiger partial charge in [0.15, 0.2) is 0 Å². The molecule has 0 spiro atoms. The van der Waals surface area contributed by atoms with Gasteiger partial charge in [-0.15, -0.1) is 0 Å². The standard InChI is InChI=1S/C18H27N3O3/c1-24-15-9-7-14(8-10-15)13-21(12-3-2-6-17(19)22)18(23)16-5-4-11-20-16/h7-10,16,20H,2-6,11-13H2,1H3,(H2,19,22). The van der Waals surface area contributed by atoms with Crippen molar-refractivity contribution in [1.82, 2.24) is 10.2 Å². The van der Waals surface area contributed by atoms with Crippen molar-refractivity contribution in [3.63, 3.8) is 0 Å². The van der Waals surface area contributed by atoms with Crippen molar-refractivity contribution in [2.75, 3.05) is 20.2 Å². The van der Waals surface area contributed by atoms with Gasteiger partial charge < -0.3 is 20.7 Å². The van der Waals surface area contributed by atoms with Gasteiger partial charge in [-0.3, -0.25) is 9.59 Å². The van der Waals surface area contributed by atoms with Crippen molar-refractivity contribution >= 4 is 11.8 Å². The first-order valence-electron chi connectivity index (χ1n) is 8.53. The minimum Gasteiger partial charge on any atom is -0.497 e. The number of amides is 2. The van der Waals surface area contributed by atoms with Gasteiger partial charge in [0, 0.05) is 19.5 Å². The third-order valence-corrected chi connectivity index (χ3v) is 4.30. The van der Waals surface area contributed by atoms with E-state index < -0.39 is 0 Å². The molecule has 0 saturated carbocycles. The highest BCUT2D eigenvalue weighted by molar-refractivity contribution is 5.82. The predicted octanol–water partition coefficient (Wildman–Crippen LogP) is 1.43. The molecule has 3 N–H and O–H groups in total. The fraction of sp³-hybridized carbons (Fsp3) is 0.556. The zero-order valence-corrected chi connectivity index (χ0v) is 14.3. The number of hydrogen-bond acceptors (Lipinski definition) is 4. The normalized spacial score (nSPS) is 16.8. The van der Waals surface area contributed by atoms with Crippen molar-refractivity contribution in [3.8, 4) is 5.75 Å². The smallest absolute Gasteiger partial charge is 0.240 e. The van der Waals surface area contributed by atoms with Gasteiger partial charge in [0.2, 0.25) is 11.8 Å². The number of nitrogens with one attached hydrogen (secondary N) is 1. The molecule has 1 aliphatic rings. The summed E-state index contributed by atoms with van der Waals surface area (Å²) >= 11 is 0. The summed E-state index contributed by atoms with van der Waals surface area (Å²) in [5.41, 5.74) is 6.24. The van der Waals surface area contributed by atoms with Crippen LogP contribution in [0.5, 0.6) is 5.75 Å². The lowest BCUT2D eigenvalue weighted by atomic mass is 10.1. The van der Waals surface area contributed by atoms with Crippen LogP contribution in [0.15, 0.2) is 24.3 Å². The largest absolute Gasteiger partial charge is 0.497 e. The molecule has 6 nitrogen and oxygen atoms in total. The van der Waals surface area contributed by atoms with Gasteiger partial charge >= 0.3 is 0 Å². The number of nitrogens with two attached hydrogens (primary N) is 1. The van der Waals surface area contributed by atoms with E-state index in [1.807, 2.05) is 29.2 Å². The van der Waals surface area contributed by atoms with Crippen molar-refractivity contribution < 1.29 is 14.3 Å². The molecule has 6 heteroatoms. The minimum absolute atomic E-state index is 0.0839. The highest BCUT2D eigenvalue weighted by atomic mass is 16.5. The lowest BCUT2D eigenvalue weighted by Crippen LogP contribution is -2.43. The van der Waals surface area contributed by atoms with E-state index in [-0.39, 0.29) is 17.9 Å². The third-order valence-electron chi connectivity index (χ3n) is 4.30. The molecule has 0 bridgehead atoms. The summed E-state index contributed by atoms with van der Waals surface area (Å²) in [6.45, 7) is 2.10. The Morgan fingerprint density at radius 2 is 2.04 bits per heavy atom. The molecule has 0 aromatic heterocycles. The van der Waals surface area contributed by atoms with Crippen molar-refractivity contribution in [3.05, 3.63) is 29.8 Å². The second kappa shape index (κ2) is 9.27. The maximum absolute atomic E-state index is 12.7. The highest BCUT2D eigenvalue weighted by Gasteiger charge is 2.26. The zero-order valence-electron chi connectivity index (χ0n) is 14.3. The van der Waals surface area contributed by atoms with Crippen LogP contribution in [-0.4, -0.2) is 43.0 Å². The van der Waals surface area contributed by atoms with E-state index in [2.05, 4.69) is 5.32 Å². The Hall–Kier alpha value is -2.08. The number of nitrogens with zero attached hydrogens (tertiary/aromatic N) is 1. The topological polar surface area (TPSA) is 84.7 Å². The van der Waals surface area contributed by atoms with Crippen LogP contribution in [0.2, 0.25) is 0 Å². The summed E-state index contributed by atoms with van der Waals surface area (Å²) in [6.07, 6.45) is 3.78. The van der Waals surface area contributed by atoms with Crippen LogP contribution in [0.4, 0.5) is 0 Å². The Balaban J connectivity index is 1.97. The lowest BCUT2D eigenvalue weighted by Gasteiger charge is -2.26. The van der Waals surface area contributed by atoms with Gasteiger partial charge in [-0.1, -0.05) is 12.1 Å². The number of carbonyl (C=O) groups excluding carboxylic acids is 2. The fourth-order valence-corrected chi connectivity index (χ4v) is 2.94. The first-order chi connectivity index (χ1) is 11.6. The molecule has 24 heavy (non-hydrogen) atoms. The zero-order chi connectivity index (χ0) is 17.4. The van der Waals surface area contributed by atoms with E-state index in [4.69, 9.17) is 10.5 Å². The number of methoxy groups -OCH3 is 1. The minimum atomic E-state index is -0.291. The van der Waals surface area contributed by atoms with E-state index in [9.17, 15) is 9.59 Å². The maximum Gasteiger partial charge on any atom is 0.240 e. The molecule has 132 valence electrons. The average Bonchev–Trinajstić information content (AvgIpc) is 3.12. The van der Waals surface area contributed by atoms with Gasteiger partial charge in [0.05, 0.1) is 13.2 Å². The number of primary amides is 1. The fourth-order valence-electron chi connectivity index (χ4n) is 2.94. The van der Waals surface area contributed by atoms with Crippen LogP contribution in [0.25, 0.3) is 0 Å². The quantitative estimate of drug-likeness (QED) is 0.670. The van der Waals surface area contributed by atoms with E-state index in [1.165, 1.54) is 0 Å². The monoisotopic (exact) mass is 333 g/mol. The second-order valence-corrected chi connectivity index (χ2v) is 6.18. The van der Waals surface area contributed by atoms with Crippen LogP contribution >= 0.6 is 0 Å². The van der Waals surface area contributed by atoms with Crippen molar-refractivity contribution in [1.29, 1.82) is 0 Å². The Bertz CT molecular complexity index is 539. The Morgan fingerprint density at radius 1 is 1.29 bits per heavy atom. The van der Waals surface area contributed by atoms with Crippen LogP contribution in [-0.2, 0) is 16.1 Å². The molecule has 1 aromatic rings. The summed E-state index contributed by atoms with van der Waals surface area (Å²) in [7, 11) is 1.63. The van der Waals surface area contributed by atoms with E-state index in [0.29, 0.717) is 25.9 Å². The molecule has 1 aliphatic heterocycles. The summed E-state index contributed by atoms with van der Waals surface area (Å²) in [5.74, 6) is 0.651. The summed E-state index contributed by atoms with van der Waals surface area (Å²) in [6, 6.07) is 7.67. The third kappa shape index (κ3) is 5.53. The predicted molar refractivity (Wildman–Crippen MR) is 92.5 cm³/mol. The molecule has 1 atom stereocenters. The molecule has 2 amide bonds.